The molecule has 0 aromatic carbocycles. The predicted octanol–water partition coefficient (Wildman–Crippen LogP) is 1.67. The van der Waals surface area contributed by atoms with Gasteiger partial charge in [0.2, 0.25) is 5.88 Å². The predicted molar refractivity (Wildman–Crippen MR) is 89.7 cm³/mol. The number of guanidine groups is 1. The first-order valence-corrected chi connectivity index (χ1v) is 8.36. The summed E-state index contributed by atoms with van der Waals surface area (Å²) in [5.74, 6) is 1.60. The number of nitrogens with zero attached hydrogens (tertiary/aromatic N) is 3. The number of nitrogens with one attached hydrogen (secondary N) is 1. The van der Waals surface area contributed by atoms with E-state index in [1.54, 1.807) is 7.11 Å². The molecule has 1 atom stereocenters. The van der Waals surface area contributed by atoms with Gasteiger partial charge in [0.05, 0.1) is 26.0 Å². The number of pyridine rings is 1. The Morgan fingerprint density at radius 1 is 1.48 bits per heavy atom. The smallest absolute Gasteiger partial charge is 0.213 e. The Morgan fingerprint density at radius 2 is 2.39 bits per heavy atom. The fourth-order valence-electron chi connectivity index (χ4n) is 3.33. The lowest BCUT2D eigenvalue weighted by Crippen LogP contribution is -2.41. The molecule has 6 heteroatoms. The monoisotopic (exact) mass is 318 g/mol. The van der Waals surface area contributed by atoms with E-state index in [9.17, 15) is 0 Å². The Hall–Kier alpha value is -1.82. The lowest BCUT2D eigenvalue weighted by atomic mass is 9.87. The second-order valence-corrected chi connectivity index (χ2v) is 6.32. The quantitative estimate of drug-likeness (QED) is 0.676. The average Bonchev–Trinajstić information content (AvgIpc) is 3.22. The minimum atomic E-state index is 0.338. The van der Waals surface area contributed by atoms with E-state index in [2.05, 4.69) is 22.1 Å². The van der Waals surface area contributed by atoms with E-state index in [1.165, 1.54) is 12.8 Å². The van der Waals surface area contributed by atoms with Crippen LogP contribution in [0.1, 0.15) is 25.5 Å². The van der Waals surface area contributed by atoms with Gasteiger partial charge in [0, 0.05) is 37.7 Å². The van der Waals surface area contributed by atoms with Crippen LogP contribution < -0.4 is 10.1 Å². The molecule has 1 aromatic heterocycles. The van der Waals surface area contributed by atoms with E-state index in [0.29, 0.717) is 17.8 Å². The summed E-state index contributed by atoms with van der Waals surface area (Å²) >= 11 is 0. The lowest BCUT2D eigenvalue weighted by Gasteiger charge is -2.24. The van der Waals surface area contributed by atoms with Gasteiger partial charge in [-0.1, -0.05) is 6.07 Å². The van der Waals surface area contributed by atoms with Gasteiger partial charge in [-0.25, -0.2) is 9.98 Å². The first-order chi connectivity index (χ1) is 11.2. The van der Waals surface area contributed by atoms with Crippen molar-refractivity contribution < 1.29 is 9.47 Å². The van der Waals surface area contributed by atoms with E-state index in [1.807, 2.05) is 18.2 Å². The first-order valence-electron chi connectivity index (χ1n) is 8.36. The molecule has 0 radical (unpaired) electrons. The molecular formula is C17H26N4O2. The summed E-state index contributed by atoms with van der Waals surface area (Å²) in [6.07, 6.45) is 2.36. The van der Waals surface area contributed by atoms with Crippen molar-refractivity contribution >= 4 is 5.96 Å². The molecular weight excluding hydrogens is 292 g/mol. The van der Waals surface area contributed by atoms with Crippen molar-refractivity contribution in [3.63, 3.8) is 0 Å². The van der Waals surface area contributed by atoms with Crippen LogP contribution in [0.5, 0.6) is 5.88 Å². The van der Waals surface area contributed by atoms with Crippen LogP contribution in [-0.4, -0.2) is 55.8 Å². The third kappa shape index (κ3) is 3.75. The van der Waals surface area contributed by atoms with Gasteiger partial charge in [-0.05, 0) is 25.8 Å². The normalized spacial score (nSPS) is 24.4. The minimum Gasteiger partial charge on any atom is -0.481 e. The molecule has 1 N–H and O–H groups in total. The number of likely N-dealkylation sites (tertiary alicyclic amines) is 1. The molecule has 1 unspecified atom stereocenters. The maximum atomic E-state index is 5.61. The fourth-order valence-corrected chi connectivity index (χ4v) is 3.33. The van der Waals surface area contributed by atoms with Crippen molar-refractivity contribution in [2.45, 2.75) is 26.3 Å². The molecule has 0 saturated carbocycles. The first kappa shape index (κ1) is 16.1. The zero-order valence-electron chi connectivity index (χ0n) is 14.0. The number of methoxy groups -OCH3 is 1. The molecule has 126 valence electrons. The molecule has 2 fully saturated rings. The summed E-state index contributed by atoms with van der Waals surface area (Å²) in [5.41, 5.74) is 1.25. The zero-order chi connectivity index (χ0) is 16.1. The number of rotatable bonds is 4. The molecule has 0 bridgehead atoms. The van der Waals surface area contributed by atoms with Gasteiger partial charge in [-0.15, -0.1) is 0 Å². The number of ether oxygens (including phenoxy) is 2. The van der Waals surface area contributed by atoms with Crippen molar-refractivity contribution in [1.82, 2.24) is 15.2 Å². The largest absolute Gasteiger partial charge is 0.481 e. The summed E-state index contributed by atoms with van der Waals surface area (Å²) in [4.78, 5) is 11.6. The van der Waals surface area contributed by atoms with Crippen LogP contribution in [0.25, 0.3) is 0 Å². The van der Waals surface area contributed by atoms with Crippen LogP contribution in [0.15, 0.2) is 23.2 Å². The summed E-state index contributed by atoms with van der Waals surface area (Å²) in [5, 5.41) is 3.41. The van der Waals surface area contributed by atoms with Gasteiger partial charge in [0.1, 0.15) is 0 Å². The molecule has 2 aliphatic rings. The van der Waals surface area contributed by atoms with Crippen molar-refractivity contribution in [1.29, 1.82) is 0 Å². The van der Waals surface area contributed by atoms with Crippen LogP contribution in [0.2, 0.25) is 0 Å². The van der Waals surface area contributed by atoms with Gasteiger partial charge in [-0.2, -0.15) is 0 Å². The molecule has 6 nitrogen and oxygen atoms in total. The van der Waals surface area contributed by atoms with E-state index in [-0.39, 0.29) is 0 Å². The minimum absolute atomic E-state index is 0.338. The topological polar surface area (TPSA) is 59.0 Å². The maximum absolute atomic E-state index is 5.61. The van der Waals surface area contributed by atoms with Gasteiger partial charge in [-0.3, -0.25) is 0 Å². The second kappa shape index (κ2) is 7.17. The number of aromatic nitrogens is 1. The molecule has 1 spiro atoms. The zero-order valence-corrected chi connectivity index (χ0v) is 14.0. The van der Waals surface area contributed by atoms with Gasteiger partial charge < -0.3 is 19.7 Å². The van der Waals surface area contributed by atoms with Gasteiger partial charge in [0.15, 0.2) is 5.96 Å². The highest BCUT2D eigenvalue weighted by atomic mass is 16.5. The Labute approximate surface area is 137 Å². The van der Waals surface area contributed by atoms with Crippen LogP contribution in [-0.2, 0) is 11.3 Å². The standard InChI is InChI=1S/C17H26N4O2/c1-3-18-16(19-11-14-5-4-6-15(20-14)22-2)21-9-7-17(12-21)8-10-23-13-17/h4-6H,3,7-13H2,1-2H3,(H,18,19). The average molecular weight is 318 g/mol. The third-order valence-electron chi connectivity index (χ3n) is 4.64. The third-order valence-corrected chi connectivity index (χ3v) is 4.64. The Morgan fingerprint density at radius 3 is 3.13 bits per heavy atom. The highest BCUT2D eigenvalue weighted by Crippen LogP contribution is 2.38. The summed E-state index contributed by atoms with van der Waals surface area (Å²) < 4.78 is 10.8. The molecule has 3 heterocycles. The van der Waals surface area contributed by atoms with Crippen LogP contribution in [0.4, 0.5) is 0 Å². The molecule has 0 aliphatic carbocycles. The molecule has 1 aromatic rings. The molecule has 2 aliphatic heterocycles. The number of hydrogen-bond donors (Lipinski definition) is 1. The molecule has 23 heavy (non-hydrogen) atoms. The highest BCUT2D eigenvalue weighted by Gasteiger charge is 2.42. The molecule has 2 saturated heterocycles. The van der Waals surface area contributed by atoms with Crippen molar-refractivity contribution in [3.8, 4) is 5.88 Å². The van der Waals surface area contributed by atoms with E-state index in [0.717, 1.165) is 44.5 Å². The summed E-state index contributed by atoms with van der Waals surface area (Å²) in [6.45, 7) is 7.38. The maximum Gasteiger partial charge on any atom is 0.213 e. The van der Waals surface area contributed by atoms with E-state index >= 15 is 0 Å². The van der Waals surface area contributed by atoms with E-state index in [4.69, 9.17) is 14.5 Å². The second-order valence-electron chi connectivity index (χ2n) is 6.32. The lowest BCUT2D eigenvalue weighted by molar-refractivity contribution is 0.156. The molecule has 3 rings (SSSR count). The van der Waals surface area contributed by atoms with Crippen LogP contribution >= 0.6 is 0 Å². The van der Waals surface area contributed by atoms with Gasteiger partial charge >= 0.3 is 0 Å². The summed E-state index contributed by atoms with van der Waals surface area (Å²) in [7, 11) is 1.63. The SMILES string of the molecule is CCNC(=NCc1cccc(OC)n1)N1CCC2(CCOC2)C1. The van der Waals surface area contributed by atoms with Crippen molar-refractivity contribution in [2.24, 2.45) is 10.4 Å². The Bertz CT molecular complexity index is 555. The Balaban J connectivity index is 1.68. The number of hydrogen-bond acceptors (Lipinski definition) is 4. The summed E-state index contributed by atoms with van der Waals surface area (Å²) in [6, 6.07) is 5.78. The van der Waals surface area contributed by atoms with E-state index < -0.39 is 0 Å². The highest BCUT2D eigenvalue weighted by molar-refractivity contribution is 5.80. The number of aliphatic imine (C=N–C) groups is 1. The Kier molecular flexibility index (Phi) is 5.00. The van der Waals surface area contributed by atoms with Crippen molar-refractivity contribution in [2.75, 3.05) is 40.0 Å². The fraction of sp³-hybridized carbons (Fsp3) is 0.647. The van der Waals surface area contributed by atoms with Crippen molar-refractivity contribution in [3.05, 3.63) is 23.9 Å². The molecule has 0 amide bonds. The van der Waals surface area contributed by atoms with Crippen LogP contribution in [0.3, 0.4) is 0 Å². The van der Waals surface area contributed by atoms with Crippen LogP contribution in [0, 0.1) is 5.41 Å². The van der Waals surface area contributed by atoms with Gasteiger partial charge in [0.25, 0.3) is 0 Å².